The van der Waals surface area contributed by atoms with E-state index in [2.05, 4.69) is 5.32 Å². The van der Waals surface area contributed by atoms with Crippen LogP contribution in [0.25, 0.3) is 0 Å². The number of sulfonamides is 1. The van der Waals surface area contributed by atoms with Crippen LogP contribution in [0.3, 0.4) is 0 Å². The van der Waals surface area contributed by atoms with Gasteiger partial charge in [-0.2, -0.15) is 0 Å². The molecule has 0 spiro atoms. The summed E-state index contributed by atoms with van der Waals surface area (Å²) in [4.78, 5) is 11.9. The molecule has 1 aliphatic heterocycles. The number of hydrogen-bond acceptors (Lipinski definition) is 4. The monoisotopic (exact) mass is 304 g/mol. The molecule has 1 N–H and O–H groups in total. The first-order valence-corrected chi connectivity index (χ1v) is 8.91. The number of nitrogens with zero attached hydrogens (tertiary/aromatic N) is 1. The number of ether oxygens (including phenoxy) is 1. The molecular weight excluding hydrogens is 280 g/mol. The summed E-state index contributed by atoms with van der Waals surface area (Å²) in [7, 11) is -1.71. The Hall–Kier alpha value is -0.660. The van der Waals surface area contributed by atoms with E-state index in [1.54, 1.807) is 0 Å². The molecule has 1 saturated heterocycles. The maximum atomic E-state index is 12.0. The lowest BCUT2D eigenvalue weighted by atomic mass is 9.84. The third-order valence-electron chi connectivity index (χ3n) is 4.22. The average Bonchev–Trinajstić information content (AvgIpc) is 2.35. The molecule has 1 heterocycles. The van der Waals surface area contributed by atoms with Gasteiger partial charge < -0.3 is 10.1 Å². The molecule has 0 unspecified atom stereocenters. The van der Waals surface area contributed by atoms with Crippen LogP contribution in [-0.4, -0.2) is 57.2 Å². The van der Waals surface area contributed by atoms with E-state index in [4.69, 9.17) is 4.74 Å². The van der Waals surface area contributed by atoms with Gasteiger partial charge in [0.2, 0.25) is 15.9 Å². The molecular formula is C13H24N2O4S. The van der Waals surface area contributed by atoms with Crippen molar-refractivity contribution in [2.45, 2.75) is 38.1 Å². The minimum Gasteiger partial charge on any atom is -0.384 e. The molecule has 6 nitrogen and oxygen atoms in total. The van der Waals surface area contributed by atoms with Crippen LogP contribution in [0.5, 0.6) is 0 Å². The normalized spacial score (nSPS) is 22.4. The van der Waals surface area contributed by atoms with E-state index in [9.17, 15) is 13.2 Å². The first-order valence-electron chi connectivity index (χ1n) is 7.30. The van der Waals surface area contributed by atoms with Gasteiger partial charge in [0, 0.05) is 32.2 Å². The summed E-state index contributed by atoms with van der Waals surface area (Å²) in [6, 6.07) is 0.122. The SMILES string of the molecule is COCCS(=O)(=O)N1CCC(NC(=O)C2CCC2)CC1. The molecule has 1 aliphatic carbocycles. The Morgan fingerprint density at radius 3 is 2.40 bits per heavy atom. The van der Waals surface area contributed by atoms with E-state index in [1.807, 2.05) is 0 Å². The van der Waals surface area contributed by atoms with Crippen molar-refractivity contribution >= 4 is 15.9 Å². The average molecular weight is 304 g/mol. The van der Waals surface area contributed by atoms with Crippen molar-refractivity contribution in [3.05, 3.63) is 0 Å². The van der Waals surface area contributed by atoms with E-state index in [0.717, 1.165) is 19.3 Å². The summed E-state index contributed by atoms with van der Waals surface area (Å²) >= 11 is 0. The van der Waals surface area contributed by atoms with Crippen molar-refractivity contribution in [2.24, 2.45) is 5.92 Å². The molecule has 0 bridgehead atoms. The van der Waals surface area contributed by atoms with E-state index in [-0.39, 0.29) is 30.2 Å². The first-order chi connectivity index (χ1) is 9.53. The molecule has 7 heteroatoms. The van der Waals surface area contributed by atoms with Gasteiger partial charge in [-0.05, 0) is 25.7 Å². The summed E-state index contributed by atoms with van der Waals surface area (Å²) in [6.45, 7) is 1.20. The topological polar surface area (TPSA) is 75.7 Å². The number of hydrogen-bond donors (Lipinski definition) is 1. The van der Waals surface area contributed by atoms with Crippen molar-refractivity contribution in [3.8, 4) is 0 Å². The molecule has 2 rings (SSSR count). The van der Waals surface area contributed by atoms with Gasteiger partial charge in [-0.15, -0.1) is 0 Å². The number of rotatable bonds is 6. The van der Waals surface area contributed by atoms with Gasteiger partial charge in [0.25, 0.3) is 0 Å². The van der Waals surface area contributed by atoms with Crippen LogP contribution in [0.4, 0.5) is 0 Å². The van der Waals surface area contributed by atoms with Crippen molar-refractivity contribution in [1.29, 1.82) is 0 Å². The maximum absolute atomic E-state index is 12.0. The van der Waals surface area contributed by atoms with Crippen LogP contribution in [0.15, 0.2) is 0 Å². The number of methoxy groups -OCH3 is 1. The number of carbonyl (C=O) groups excluding carboxylic acids is 1. The second-order valence-corrected chi connectivity index (χ2v) is 7.71. The molecule has 2 aliphatic rings. The van der Waals surface area contributed by atoms with Gasteiger partial charge in [0.05, 0.1) is 12.4 Å². The summed E-state index contributed by atoms with van der Waals surface area (Å²) in [5.41, 5.74) is 0. The Kier molecular flexibility index (Phi) is 5.40. The fourth-order valence-electron chi connectivity index (χ4n) is 2.59. The molecule has 0 aromatic carbocycles. The standard InChI is InChI=1S/C13H24N2O4S/c1-19-9-10-20(17,18)15-7-5-12(6-8-15)14-13(16)11-3-2-4-11/h11-12H,2-10H2,1H3,(H,14,16). The van der Waals surface area contributed by atoms with Gasteiger partial charge >= 0.3 is 0 Å². The van der Waals surface area contributed by atoms with Crippen LogP contribution < -0.4 is 5.32 Å². The summed E-state index contributed by atoms with van der Waals surface area (Å²) in [5.74, 6) is 0.373. The zero-order chi connectivity index (χ0) is 14.6. The summed E-state index contributed by atoms with van der Waals surface area (Å²) < 4.78 is 30.3. The van der Waals surface area contributed by atoms with E-state index < -0.39 is 10.0 Å². The number of piperidine rings is 1. The van der Waals surface area contributed by atoms with Crippen molar-refractivity contribution in [2.75, 3.05) is 32.6 Å². The van der Waals surface area contributed by atoms with E-state index in [1.165, 1.54) is 11.4 Å². The Bertz CT molecular complexity index is 426. The molecule has 0 aromatic heterocycles. The second-order valence-electron chi connectivity index (χ2n) is 5.62. The third kappa shape index (κ3) is 3.93. The van der Waals surface area contributed by atoms with Crippen LogP contribution in [0, 0.1) is 5.92 Å². The number of carbonyl (C=O) groups is 1. The van der Waals surface area contributed by atoms with Crippen LogP contribution in [0.2, 0.25) is 0 Å². The van der Waals surface area contributed by atoms with Crippen molar-refractivity contribution in [3.63, 3.8) is 0 Å². The Morgan fingerprint density at radius 1 is 1.25 bits per heavy atom. The highest BCUT2D eigenvalue weighted by Gasteiger charge is 2.31. The highest BCUT2D eigenvalue weighted by molar-refractivity contribution is 7.89. The van der Waals surface area contributed by atoms with Crippen molar-refractivity contribution < 1.29 is 17.9 Å². The highest BCUT2D eigenvalue weighted by atomic mass is 32.2. The smallest absolute Gasteiger partial charge is 0.223 e. The van der Waals surface area contributed by atoms with Crippen LogP contribution in [-0.2, 0) is 19.6 Å². The summed E-state index contributed by atoms with van der Waals surface area (Å²) in [6.07, 6.45) is 4.54. The predicted molar refractivity (Wildman–Crippen MR) is 75.7 cm³/mol. The Labute approximate surface area is 120 Å². The molecule has 1 saturated carbocycles. The molecule has 1 amide bonds. The van der Waals surface area contributed by atoms with E-state index >= 15 is 0 Å². The largest absolute Gasteiger partial charge is 0.384 e. The van der Waals surface area contributed by atoms with Gasteiger partial charge in [-0.3, -0.25) is 4.79 Å². The molecule has 20 heavy (non-hydrogen) atoms. The van der Waals surface area contributed by atoms with Crippen LogP contribution >= 0.6 is 0 Å². The van der Waals surface area contributed by atoms with Crippen molar-refractivity contribution in [1.82, 2.24) is 9.62 Å². The molecule has 0 radical (unpaired) electrons. The van der Waals surface area contributed by atoms with Gasteiger partial charge in [-0.1, -0.05) is 6.42 Å². The lowest BCUT2D eigenvalue weighted by Crippen LogP contribution is -2.49. The number of amides is 1. The fourth-order valence-corrected chi connectivity index (χ4v) is 3.99. The molecule has 116 valence electrons. The summed E-state index contributed by atoms with van der Waals surface area (Å²) in [5, 5.41) is 3.05. The molecule has 2 fully saturated rings. The number of nitrogens with one attached hydrogen (secondary N) is 1. The lowest BCUT2D eigenvalue weighted by Gasteiger charge is -2.33. The van der Waals surface area contributed by atoms with Gasteiger partial charge in [0.15, 0.2) is 0 Å². The third-order valence-corrected chi connectivity index (χ3v) is 6.05. The minimum atomic E-state index is -3.21. The maximum Gasteiger partial charge on any atom is 0.223 e. The zero-order valence-corrected chi connectivity index (χ0v) is 12.8. The highest BCUT2D eigenvalue weighted by Crippen LogP contribution is 2.27. The quantitative estimate of drug-likeness (QED) is 0.768. The zero-order valence-electron chi connectivity index (χ0n) is 12.0. The predicted octanol–water partition coefficient (Wildman–Crippen LogP) is 0.343. The van der Waals surface area contributed by atoms with Gasteiger partial charge in [-0.25, -0.2) is 12.7 Å². The second kappa shape index (κ2) is 6.87. The van der Waals surface area contributed by atoms with Gasteiger partial charge in [0.1, 0.15) is 0 Å². The van der Waals surface area contributed by atoms with Crippen LogP contribution in [0.1, 0.15) is 32.1 Å². The fraction of sp³-hybridized carbons (Fsp3) is 0.923. The Morgan fingerprint density at radius 2 is 1.90 bits per heavy atom. The molecule has 0 aromatic rings. The lowest BCUT2D eigenvalue weighted by molar-refractivity contribution is -0.128. The Balaban J connectivity index is 1.75. The molecule has 0 atom stereocenters. The minimum absolute atomic E-state index is 0.0304. The first kappa shape index (κ1) is 15.7. The van der Waals surface area contributed by atoms with E-state index in [0.29, 0.717) is 25.9 Å².